The first-order chi connectivity index (χ1) is 22.9. The summed E-state index contributed by atoms with van der Waals surface area (Å²) in [4.78, 5) is 30.5. The summed E-state index contributed by atoms with van der Waals surface area (Å²) in [5, 5.41) is 17.7. The number of aryl methyl sites for hydroxylation is 2. The average Bonchev–Trinajstić information content (AvgIpc) is 3.74. The summed E-state index contributed by atoms with van der Waals surface area (Å²) in [6.45, 7) is 6.34. The van der Waals surface area contributed by atoms with Crippen molar-refractivity contribution in [3.8, 4) is 22.5 Å². The Morgan fingerprint density at radius 2 is 1.68 bits per heavy atom. The van der Waals surface area contributed by atoms with Gasteiger partial charge < -0.3 is 9.88 Å². The molecule has 0 aliphatic carbocycles. The Balaban J connectivity index is 1.28. The monoisotopic (exact) mass is 643 g/mol. The van der Waals surface area contributed by atoms with Gasteiger partial charge in [0.2, 0.25) is 0 Å². The molecule has 2 heterocycles. The molecule has 2 N–H and O–H groups in total. The molecule has 10 heteroatoms. The maximum Gasteiger partial charge on any atom is 0.251 e. The summed E-state index contributed by atoms with van der Waals surface area (Å²) in [6, 6.07) is 30.3. The number of nitrogens with one attached hydrogen (secondary N) is 2. The number of benzene rings is 4. The van der Waals surface area contributed by atoms with E-state index in [1.165, 1.54) is 11.8 Å². The first-order valence-electron chi connectivity index (χ1n) is 15.8. The Labute approximate surface area is 278 Å². The van der Waals surface area contributed by atoms with E-state index in [1.54, 1.807) is 6.92 Å². The predicted octanol–water partition coefficient (Wildman–Crippen LogP) is 6.81. The molecule has 9 nitrogen and oxygen atoms in total. The smallest absolute Gasteiger partial charge is 0.251 e. The van der Waals surface area contributed by atoms with E-state index >= 15 is 0 Å². The van der Waals surface area contributed by atoms with E-state index in [9.17, 15) is 9.59 Å². The highest BCUT2D eigenvalue weighted by Crippen LogP contribution is 2.30. The van der Waals surface area contributed by atoms with Crippen molar-refractivity contribution in [2.24, 2.45) is 0 Å². The molecule has 0 spiro atoms. The number of H-pyrrole nitrogens is 1. The third-order valence-corrected chi connectivity index (χ3v) is 9.12. The van der Waals surface area contributed by atoms with E-state index in [0.29, 0.717) is 30.1 Å². The number of imidazole rings is 1. The largest absolute Gasteiger partial charge is 0.348 e. The van der Waals surface area contributed by atoms with Gasteiger partial charge in [0.15, 0.2) is 10.9 Å². The maximum atomic E-state index is 13.7. The van der Waals surface area contributed by atoms with Crippen molar-refractivity contribution in [2.45, 2.75) is 52.6 Å². The number of nitrogens with zero attached hydrogens (tertiary/aromatic N) is 5. The molecule has 1 atom stereocenters. The molecule has 238 valence electrons. The quantitative estimate of drug-likeness (QED) is 0.150. The zero-order chi connectivity index (χ0) is 32.8. The first kappa shape index (κ1) is 31.9. The van der Waals surface area contributed by atoms with Gasteiger partial charge in [0.25, 0.3) is 5.91 Å². The minimum absolute atomic E-state index is 0.0336. The fourth-order valence-electron chi connectivity index (χ4n) is 5.89. The highest BCUT2D eigenvalue weighted by atomic mass is 32.2. The van der Waals surface area contributed by atoms with Crippen LogP contribution in [0.2, 0.25) is 0 Å². The lowest BCUT2D eigenvalue weighted by Crippen LogP contribution is -2.38. The van der Waals surface area contributed by atoms with Crippen LogP contribution in [-0.4, -0.2) is 53.0 Å². The van der Waals surface area contributed by atoms with Gasteiger partial charge >= 0.3 is 0 Å². The number of amides is 1. The van der Waals surface area contributed by atoms with Gasteiger partial charge in [0.05, 0.1) is 11.0 Å². The maximum absolute atomic E-state index is 13.7. The van der Waals surface area contributed by atoms with Gasteiger partial charge in [0, 0.05) is 42.8 Å². The molecule has 0 unspecified atom stereocenters. The number of carbonyl (C=O) groups excluding carboxylic acids is 2. The number of fused-ring (bicyclic) bond motifs is 1. The van der Waals surface area contributed by atoms with Crippen LogP contribution in [0.25, 0.3) is 33.5 Å². The molecule has 0 saturated heterocycles. The van der Waals surface area contributed by atoms with E-state index < -0.39 is 0 Å². The van der Waals surface area contributed by atoms with E-state index in [1.807, 2.05) is 67.6 Å². The molecule has 0 saturated carbocycles. The second-order valence-corrected chi connectivity index (χ2v) is 12.9. The van der Waals surface area contributed by atoms with Crippen molar-refractivity contribution in [1.29, 1.82) is 0 Å². The molecule has 0 bridgehead atoms. The summed E-state index contributed by atoms with van der Waals surface area (Å²) in [7, 11) is 0. The molecule has 47 heavy (non-hydrogen) atoms. The van der Waals surface area contributed by atoms with Crippen LogP contribution >= 0.6 is 11.8 Å². The van der Waals surface area contributed by atoms with Crippen LogP contribution in [0.3, 0.4) is 0 Å². The molecule has 0 aliphatic heterocycles. The highest BCUT2D eigenvalue weighted by molar-refractivity contribution is 8.13. The van der Waals surface area contributed by atoms with E-state index in [4.69, 9.17) is 4.98 Å². The fourth-order valence-corrected chi connectivity index (χ4v) is 6.52. The Hall–Kier alpha value is -5.09. The first-order valence-corrected chi connectivity index (χ1v) is 16.8. The number of aromatic amines is 1. The molecule has 6 aromatic rings. The van der Waals surface area contributed by atoms with E-state index in [0.717, 1.165) is 63.1 Å². The van der Waals surface area contributed by atoms with Gasteiger partial charge in [0.1, 0.15) is 5.82 Å². The average molecular weight is 644 g/mol. The number of tetrazole rings is 1. The molecule has 2 aromatic heterocycles. The van der Waals surface area contributed by atoms with Crippen molar-refractivity contribution in [1.82, 2.24) is 35.5 Å². The lowest BCUT2D eigenvalue weighted by atomic mass is 9.98. The summed E-state index contributed by atoms with van der Waals surface area (Å²) in [5.41, 5.74) is 8.65. The second-order valence-electron chi connectivity index (χ2n) is 11.7. The SMILES string of the molecule is CCCc1nc2c(C)cc(C(=O)N[C@H](CSC(C)=O)Cc3ccccc3)cc2n1Cc1ccc(-c2ccccc2-c2nnn[nH]2)cc1. The molecule has 4 aromatic carbocycles. The van der Waals surface area contributed by atoms with Crippen molar-refractivity contribution in [3.63, 3.8) is 0 Å². The predicted molar refractivity (Wildman–Crippen MR) is 187 cm³/mol. The Morgan fingerprint density at radius 3 is 2.38 bits per heavy atom. The summed E-state index contributed by atoms with van der Waals surface area (Å²) in [5.74, 6) is 1.97. The number of carbonyl (C=O) groups is 2. The number of thioether (sulfide) groups is 1. The highest BCUT2D eigenvalue weighted by Gasteiger charge is 2.20. The standard InChI is InChI=1S/C37H37N7O2S/c1-4-10-34-39-35-24(2)19-29(37(46)38-30(23-47-25(3)45)20-26-11-6-5-7-12-26)21-33(35)44(34)22-27-15-17-28(18-16-27)31-13-8-9-14-32(31)36-40-42-43-41-36/h5-9,11-19,21,30H,4,10,20,22-23H2,1-3H3,(H,38,46)(H,40,41,42,43)/t30-/m0/s1. The lowest BCUT2D eigenvalue weighted by Gasteiger charge is -2.19. The van der Waals surface area contributed by atoms with Crippen molar-refractivity contribution >= 4 is 33.8 Å². The van der Waals surface area contributed by atoms with Gasteiger partial charge in [-0.3, -0.25) is 9.59 Å². The molecular formula is C37H37N7O2S. The van der Waals surface area contributed by atoms with Crippen molar-refractivity contribution < 1.29 is 9.59 Å². The Kier molecular flexibility index (Phi) is 9.87. The van der Waals surface area contributed by atoms with E-state index in [2.05, 4.69) is 67.8 Å². The molecule has 0 fully saturated rings. The van der Waals surface area contributed by atoms with Crippen LogP contribution in [0, 0.1) is 6.92 Å². The lowest BCUT2D eigenvalue weighted by molar-refractivity contribution is -0.109. The minimum Gasteiger partial charge on any atom is -0.348 e. The van der Waals surface area contributed by atoms with E-state index in [-0.39, 0.29) is 17.1 Å². The fraction of sp³-hybridized carbons (Fsp3) is 0.243. The Morgan fingerprint density at radius 1 is 0.936 bits per heavy atom. The Bertz CT molecular complexity index is 1990. The van der Waals surface area contributed by atoms with Crippen molar-refractivity contribution in [3.05, 3.63) is 119 Å². The minimum atomic E-state index is -0.195. The van der Waals surface area contributed by atoms with Gasteiger partial charge in [-0.05, 0) is 70.1 Å². The number of aromatic nitrogens is 6. The third kappa shape index (κ3) is 7.49. The molecular weight excluding hydrogens is 607 g/mol. The van der Waals surface area contributed by atoms with Gasteiger partial charge in [-0.15, -0.1) is 5.10 Å². The molecule has 0 aliphatic rings. The van der Waals surface area contributed by atoms with Crippen LogP contribution in [0.5, 0.6) is 0 Å². The second kappa shape index (κ2) is 14.6. The van der Waals surface area contributed by atoms with Gasteiger partial charge in [-0.2, -0.15) is 0 Å². The van der Waals surface area contributed by atoms with Crippen LogP contribution in [-0.2, 0) is 24.2 Å². The summed E-state index contributed by atoms with van der Waals surface area (Å²) >= 11 is 1.24. The third-order valence-electron chi connectivity index (χ3n) is 8.14. The van der Waals surface area contributed by atoms with Gasteiger partial charge in [-0.25, -0.2) is 10.1 Å². The van der Waals surface area contributed by atoms with Crippen molar-refractivity contribution in [2.75, 3.05) is 5.75 Å². The zero-order valence-corrected chi connectivity index (χ0v) is 27.6. The molecule has 1 amide bonds. The zero-order valence-electron chi connectivity index (χ0n) is 26.7. The van der Waals surface area contributed by atoms with Crippen LogP contribution < -0.4 is 5.32 Å². The van der Waals surface area contributed by atoms with Crippen LogP contribution in [0.4, 0.5) is 0 Å². The number of hydrogen-bond acceptors (Lipinski definition) is 7. The topological polar surface area (TPSA) is 118 Å². The normalized spacial score (nSPS) is 11.9. The summed E-state index contributed by atoms with van der Waals surface area (Å²) < 4.78 is 2.23. The number of hydrogen-bond donors (Lipinski definition) is 2. The molecule has 6 rings (SSSR count). The summed E-state index contributed by atoms with van der Waals surface area (Å²) in [6.07, 6.45) is 2.42. The van der Waals surface area contributed by atoms with Gasteiger partial charge in [-0.1, -0.05) is 97.5 Å². The number of rotatable bonds is 12. The van der Waals surface area contributed by atoms with Crippen LogP contribution in [0.15, 0.2) is 91.0 Å². The molecule has 0 radical (unpaired) electrons. The van der Waals surface area contributed by atoms with Crippen LogP contribution in [0.1, 0.15) is 53.1 Å².